The van der Waals surface area contributed by atoms with Crippen LogP contribution in [-0.2, 0) is 6.54 Å². The molecule has 132 valence electrons. The highest BCUT2D eigenvalue weighted by atomic mass is 35.5. The first kappa shape index (κ1) is 17.9. The average molecular weight is 361 g/mol. The van der Waals surface area contributed by atoms with E-state index in [1.807, 2.05) is 5.01 Å². The van der Waals surface area contributed by atoms with Gasteiger partial charge in [-0.2, -0.15) is 5.10 Å². The standard InChI is InChI=1S/C20H23ClFN3/c1-15-6-7-17(16(2)12-15)14-24-8-10-25(11-9-24)23-13-18-19(21)4-3-5-20(18)22/h3-7,12-13H,8-11,14H2,1-2H3/p+1/b23-13-. The third-order valence-electron chi connectivity index (χ3n) is 4.74. The second-order valence-electron chi connectivity index (χ2n) is 6.69. The van der Waals surface area contributed by atoms with Crippen molar-refractivity contribution in [3.63, 3.8) is 0 Å². The summed E-state index contributed by atoms with van der Waals surface area (Å²) in [6, 6.07) is 11.3. The summed E-state index contributed by atoms with van der Waals surface area (Å²) in [5.41, 5.74) is 4.44. The van der Waals surface area contributed by atoms with Gasteiger partial charge in [-0.3, -0.25) is 5.01 Å². The molecule has 1 saturated heterocycles. The molecule has 1 fully saturated rings. The van der Waals surface area contributed by atoms with Gasteiger partial charge in [0, 0.05) is 11.1 Å². The zero-order valence-electron chi connectivity index (χ0n) is 14.7. The van der Waals surface area contributed by atoms with Crippen molar-refractivity contribution in [2.24, 2.45) is 5.10 Å². The van der Waals surface area contributed by atoms with E-state index in [1.54, 1.807) is 17.0 Å². The van der Waals surface area contributed by atoms with Crippen LogP contribution in [0.15, 0.2) is 41.5 Å². The van der Waals surface area contributed by atoms with E-state index in [2.05, 4.69) is 37.1 Å². The van der Waals surface area contributed by atoms with Crippen molar-refractivity contribution in [1.82, 2.24) is 5.01 Å². The van der Waals surface area contributed by atoms with Gasteiger partial charge in [0.25, 0.3) is 0 Å². The lowest BCUT2D eigenvalue weighted by Crippen LogP contribution is -3.13. The Kier molecular flexibility index (Phi) is 5.71. The molecular formula is C20H24ClFN3+. The molecule has 0 radical (unpaired) electrons. The molecule has 0 bridgehead atoms. The highest BCUT2D eigenvalue weighted by molar-refractivity contribution is 6.33. The lowest BCUT2D eigenvalue weighted by Gasteiger charge is -2.30. The third-order valence-corrected chi connectivity index (χ3v) is 5.06. The Labute approximate surface area is 153 Å². The summed E-state index contributed by atoms with van der Waals surface area (Å²) in [5.74, 6) is -0.338. The number of quaternary nitrogens is 1. The van der Waals surface area contributed by atoms with E-state index >= 15 is 0 Å². The van der Waals surface area contributed by atoms with E-state index in [-0.39, 0.29) is 5.82 Å². The Hall–Kier alpha value is -1.91. The number of halogens is 2. The Bertz CT molecular complexity index is 747. The van der Waals surface area contributed by atoms with Crippen molar-refractivity contribution in [3.8, 4) is 0 Å². The van der Waals surface area contributed by atoms with E-state index in [0.29, 0.717) is 10.6 Å². The van der Waals surface area contributed by atoms with Gasteiger partial charge in [-0.25, -0.2) is 4.39 Å². The fraction of sp³-hybridized carbons (Fsp3) is 0.350. The van der Waals surface area contributed by atoms with Crippen LogP contribution in [0, 0.1) is 19.7 Å². The van der Waals surface area contributed by atoms with Gasteiger partial charge in [-0.05, 0) is 31.5 Å². The molecule has 2 aromatic rings. The number of hydrogen-bond acceptors (Lipinski definition) is 2. The van der Waals surface area contributed by atoms with Crippen LogP contribution in [0.3, 0.4) is 0 Å². The van der Waals surface area contributed by atoms with Crippen LogP contribution in [0.25, 0.3) is 0 Å². The van der Waals surface area contributed by atoms with Gasteiger partial charge in [0.1, 0.15) is 12.4 Å². The van der Waals surface area contributed by atoms with Crippen LogP contribution in [-0.4, -0.2) is 37.4 Å². The van der Waals surface area contributed by atoms with Crippen LogP contribution >= 0.6 is 11.6 Å². The number of piperazine rings is 1. The molecule has 1 aliphatic rings. The summed E-state index contributed by atoms with van der Waals surface area (Å²) in [6.07, 6.45) is 1.53. The topological polar surface area (TPSA) is 20.0 Å². The first-order valence-corrected chi connectivity index (χ1v) is 9.03. The van der Waals surface area contributed by atoms with Gasteiger partial charge in [0.2, 0.25) is 0 Å². The maximum Gasteiger partial charge on any atom is 0.133 e. The normalized spacial score (nSPS) is 15.9. The summed E-state index contributed by atoms with van der Waals surface area (Å²) < 4.78 is 13.8. The van der Waals surface area contributed by atoms with Crippen molar-refractivity contribution in [3.05, 3.63) is 69.5 Å². The Morgan fingerprint density at radius 3 is 2.64 bits per heavy atom. The number of benzene rings is 2. The molecule has 0 spiro atoms. The first-order valence-electron chi connectivity index (χ1n) is 8.65. The molecule has 5 heteroatoms. The van der Waals surface area contributed by atoms with Crippen molar-refractivity contribution in [1.29, 1.82) is 0 Å². The van der Waals surface area contributed by atoms with Gasteiger partial charge >= 0.3 is 0 Å². The van der Waals surface area contributed by atoms with E-state index < -0.39 is 0 Å². The van der Waals surface area contributed by atoms with Gasteiger partial charge < -0.3 is 4.90 Å². The summed E-state index contributed by atoms with van der Waals surface area (Å²) in [7, 11) is 0. The maximum absolute atomic E-state index is 13.8. The molecular weight excluding hydrogens is 337 g/mol. The largest absolute Gasteiger partial charge is 0.328 e. The molecule has 1 aliphatic heterocycles. The molecule has 3 rings (SSSR count). The Balaban J connectivity index is 1.56. The molecule has 3 nitrogen and oxygen atoms in total. The number of nitrogens with zero attached hydrogens (tertiary/aromatic N) is 2. The van der Waals surface area contributed by atoms with Crippen molar-refractivity contribution < 1.29 is 9.29 Å². The van der Waals surface area contributed by atoms with E-state index in [9.17, 15) is 4.39 Å². The van der Waals surface area contributed by atoms with Gasteiger partial charge in [0.15, 0.2) is 0 Å². The summed E-state index contributed by atoms with van der Waals surface area (Å²) in [5, 5.41) is 6.80. The van der Waals surface area contributed by atoms with Gasteiger partial charge in [-0.1, -0.05) is 41.4 Å². The molecule has 1 heterocycles. The van der Waals surface area contributed by atoms with Crippen molar-refractivity contribution in [2.75, 3.05) is 26.2 Å². The van der Waals surface area contributed by atoms with Crippen LogP contribution in [0.5, 0.6) is 0 Å². The minimum absolute atomic E-state index is 0.338. The summed E-state index contributed by atoms with van der Waals surface area (Å²) in [6.45, 7) is 9.13. The predicted octanol–water partition coefficient (Wildman–Crippen LogP) is 2.83. The third kappa shape index (κ3) is 4.59. The van der Waals surface area contributed by atoms with Crippen LogP contribution in [0.2, 0.25) is 5.02 Å². The molecule has 0 saturated carbocycles. The zero-order chi connectivity index (χ0) is 17.8. The highest BCUT2D eigenvalue weighted by Crippen LogP contribution is 2.16. The molecule has 0 amide bonds. The second kappa shape index (κ2) is 7.98. The zero-order valence-corrected chi connectivity index (χ0v) is 15.5. The lowest BCUT2D eigenvalue weighted by atomic mass is 10.1. The predicted molar refractivity (Wildman–Crippen MR) is 101 cm³/mol. The maximum atomic E-state index is 13.8. The minimum atomic E-state index is -0.338. The smallest absolute Gasteiger partial charge is 0.133 e. The molecule has 2 aromatic carbocycles. The monoisotopic (exact) mass is 360 g/mol. The SMILES string of the molecule is Cc1ccc(C[NH+]2CCN(/N=C\c3c(F)cccc3Cl)CC2)c(C)c1. The molecule has 25 heavy (non-hydrogen) atoms. The summed E-state index contributed by atoms with van der Waals surface area (Å²) in [4.78, 5) is 1.56. The molecule has 0 aromatic heterocycles. The molecule has 0 unspecified atom stereocenters. The van der Waals surface area contributed by atoms with Crippen LogP contribution < -0.4 is 4.90 Å². The minimum Gasteiger partial charge on any atom is -0.328 e. The number of hydrogen-bond donors (Lipinski definition) is 1. The van der Waals surface area contributed by atoms with E-state index in [0.717, 1.165) is 32.7 Å². The molecule has 1 N–H and O–H groups in total. The van der Waals surface area contributed by atoms with Crippen molar-refractivity contribution in [2.45, 2.75) is 20.4 Å². The fourth-order valence-corrected chi connectivity index (χ4v) is 3.40. The average Bonchev–Trinajstić information content (AvgIpc) is 2.58. The number of rotatable bonds is 4. The quantitative estimate of drug-likeness (QED) is 0.831. The van der Waals surface area contributed by atoms with Crippen molar-refractivity contribution >= 4 is 17.8 Å². The Morgan fingerprint density at radius 1 is 1.20 bits per heavy atom. The molecule has 0 aliphatic carbocycles. The highest BCUT2D eigenvalue weighted by Gasteiger charge is 2.19. The van der Waals surface area contributed by atoms with Crippen LogP contribution in [0.1, 0.15) is 22.3 Å². The second-order valence-corrected chi connectivity index (χ2v) is 7.10. The molecule has 0 atom stereocenters. The number of nitrogens with one attached hydrogen (secondary N) is 1. The van der Waals surface area contributed by atoms with E-state index in [1.165, 1.54) is 29.0 Å². The first-order chi connectivity index (χ1) is 12.0. The van der Waals surface area contributed by atoms with E-state index in [4.69, 9.17) is 11.6 Å². The lowest BCUT2D eigenvalue weighted by molar-refractivity contribution is -0.918. The van der Waals surface area contributed by atoms with Crippen LogP contribution in [0.4, 0.5) is 4.39 Å². The Morgan fingerprint density at radius 2 is 1.96 bits per heavy atom. The summed E-state index contributed by atoms with van der Waals surface area (Å²) >= 11 is 6.03. The van der Waals surface area contributed by atoms with Gasteiger partial charge in [-0.15, -0.1) is 0 Å². The van der Waals surface area contributed by atoms with Gasteiger partial charge in [0.05, 0.1) is 37.4 Å². The fourth-order valence-electron chi connectivity index (χ4n) is 3.19. The number of hydrazone groups is 1. The number of aryl methyl sites for hydroxylation is 2.